The summed E-state index contributed by atoms with van der Waals surface area (Å²) in [6.07, 6.45) is 2.62. The van der Waals surface area contributed by atoms with Gasteiger partial charge in [-0.05, 0) is 43.0 Å². The van der Waals surface area contributed by atoms with Gasteiger partial charge in [0.15, 0.2) is 11.5 Å². The van der Waals surface area contributed by atoms with Gasteiger partial charge >= 0.3 is 0 Å². The largest absolute Gasteiger partial charge is 0.486 e. The lowest BCUT2D eigenvalue weighted by atomic mass is 9.95. The molecule has 1 N–H and O–H groups in total. The summed E-state index contributed by atoms with van der Waals surface area (Å²) in [7, 11) is 0. The van der Waals surface area contributed by atoms with Gasteiger partial charge in [0.2, 0.25) is 5.91 Å². The molecule has 25 heavy (non-hydrogen) atoms. The molecule has 0 radical (unpaired) electrons. The molecule has 2 aliphatic rings. The Morgan fingerprint density at radius 2 is 1.88 bits per heavy atom. The van der Waals surface area contributed by atoms with Crippen LogP contribution in [-0.2, 0) is 16.6 Å². The summed E-state index contributed by atoms with van der Waals surface area (Å²) in [5, 5.41) is 3.12. The van der Waals surface area contributed by atoms with Crippen LogP contribution in [0.3, 0.4) is 0 Å². The third-order valence-electron chi connectivity index (χ3n) is 5.08. The summed E-state index contributed by atoms with van der Waals surface area (Å²) in [6.45, 7) is 3.92. The van der Waals surface area contributed by atoms with E-state index >= 15 is 0 Å². The molecule has 4 rings (SSSR count). The van der Waals surface area contributed by atoms with Gasteiger partial charge in [-0.15, -0.1) is 0 Å². The lowest BCUT2D eigenvalue weighted by Gasteiger charge is -2.22. The van der Waals surface area contributed by atoms with Gasteiger partial charge < -0.3 is 14.8 Å². The number of nitrogens with one attached hydrogen (secondary N) is 1. The average molecular weight is 337 g/mol. The van der Waals surface area contributed by atoms with Crippen LogP contribution in [0.1, 0.15) is 29.5 Å². The van der Waals surface area contributed by atoms with E-state index in [0.29, 0.717) is 26.2 Å². The van der Waals surface area contributed by atoms with E-state index in [4.69, 9.17) is 9.47 Å². The van der Waals surface area contributed by atoms with Gasteiger partial charge in [0, 0.05) is 12.0 Å². The Morgan fingerprint density at radius 3 is 2.64 bits per heavy atom. The predicted molar refractivity (Wildman–Crippen MR) is 96.2 cm³/mol. The number of aryl methyl sites for hydroxylation is 1. The van der Waals surface area contributed by atoms with E-state index in [1.54, 1.807) is 0 Å². The third-order valence-corrected chi connectivity index (χ3v) is 5.08. The predicted octanol–water partition coefficient (Wildman–Crippen LogP) is 3.16. The van der Waals surface area contributed by atoms with Gasteiger partial charge in [0.1, 0.15) is 13.2 Å². The second-order valence-corrected chi connectivity index (χ2v) is 7.08. The molecule has 0 bridgehead atoms. The van der Waals surface area contributed by atoms with Crippen molar-refractivity contribution < 1.29 is 14.3 Å². The molecule has 130 valence electrons. The molecule has 1 aliphatic heterocycles. The fourth-order valence-electron chi connectivity index (χ4n) is 3.43. The first-order chi connectivity index (χ1) is 12.1. The van der Waals surface area contributed by atoms with Crippen molar-refractivity contribution in [2.45, 2.75) is 31.6 Å². The molecule has 2 aromatic carbocycles. The summed E-state index contributed by atoms with van der Waals surface area (Å²) in [6, 6.07) is 14.3. The zero-order valence-corrected chi connectivity index (χ0v) is 14.5. The van der Waals surface area contributed by atoms with E-state index in [1.807, 2.05) is 31.2 Å². The highest BCUT2D eigenvalue weighted by atomic mass is 16.6. The van der Waals surface area contributed by atoms with Gasteiger partial charge in [0.05, 0.1) is 6.42 Å². The van der Waals surface area contributed by atoms with Crippen LogP contribution < -0.4 is 14.8 Å². The number of hydrogen-bond acceptors (Lipinski definition) is 3. The Bertz CT molecular complexity index is 795. The molecule has 0 spiro atoms. The molecule has 1 aliphatic carbocycles. The molecule has 0 unspecified atom stereocenters. The monoisotopic (exact) mass is 337 g/mol. The van der Waals surface area contributed by atoms with E-state index in [-0.39, 0.29) is 11.3 Å². The number of hydrogen-bond donors (Lipinski definition) is 1. The normalized spacial score (nSPS) is 17.0. The number of benzene rings is 2. The molecular formula is C21H23NO3. The Balaban J connectivity index is 1.39. The molecule has 1 amide bonds. The lowest BCUT2D eigenvalue weighted by Crippen LogP contribution is -2.33. The van der Waals surface area contributed by atoms with Crippen LogP contribution in [0.25, 0.3) is 0 Å². The molecule has 0 aromatic heterocycles. The Labute approximate surface area is 148 Å². The van der Waals surface area contributed by atoms with Gasteiger partial charge in [-0.1, -0.05) is 35.9 Å². The van der Waals surface area contributed by atoms with Gasteiger partial charge in [0.25, 0.3) is 0 Å². The quantitative estimate of drug-likeness (QED) is 0.912. The van der Waals surface area contributed by atoms with Crippen molar-refractivity contribution in [3.8, 4) is 11.5 Å². The average Bonchev–Trinajstić information content (AvgIpc) is 3.41. The van der Waals surface area contributed by atoms with Crippen LogP contribution in [0.2, 0.25) is 0 Å². The van der Waals surface area contributed by atoms with Gasteiger partial charge in [-0.3, -0.25) is 4.79 Å². The Morgan fingerprint density at radius 1 is 1.08 bits per heavy atom. The van der Waals surface area contributed by atoms with Crippen molar-refractivity contribution in [3.05, 3.63) is 59.2 Å². The molecule has 4 nitrogen and oxygen atoms in total. The van der Waals surface area contributed by atoms with Crippen molar-refractivity contribution in [2.24, 2.45) is 0 Å². The molecule has 0 saturated heterocycles. The first kappa shape index (κ1) is 16.0. The SMILES string of the molecule is Cc1cccc(CC(=O)NCC2(c3ccc4c(c3)OCCO4)CC2)c1. The molecule has 0 atom stereocenters. The number of carbonyl (C=O) groups is 1. The minimum Gasteiger partial charge on any atom is -0.486 e. The number of amides is 1. The second-order valence-electron chi connectivity index (χ2n) is 7.08. The maximum atomic E-state index is 12.3. The number of ether oxygens (including phenoxy) is 2. The first-order valence-corrected chi connectivity index (χ1v) is 8.87. The van der Waals surface area contributed by atoms with Crippen LogP contribution in [-0.4, -0.2) is 25.7 Å². The minimum atomic E-state index is 0.0537. The summed E-state index contributed by atoms with van der Waals surface area (Å²) < 4.78 is 11.3. The molecule has 1 heterocycles. The molecule has 4 heteroatoms. The zero-order chi connectivity index (χ0) is 17.3. The van der Waals surface area contributed by atoms with Crippen molar-refractivity contribution in [1.82, 2.24) is 5.32 Å². The maximum Gasteiger partial charge on any atom is 0.224 e. The number of fused-ring (bicyclic) bond motifs is 1. The van der Waals surface area contributed by atoms with Gasteiger partial charge in [-0.25, -0.2) is 0 Å². The topological polar surface area (TPSA) is 47.6 Å². The molecule has 1 fully saturated rings. The van der Waals surface area contributed by atoms with Crippen LogP contribution in [0.15, 0.2) is 42.5 Å². The van der Waals surface area contributed by atoms with E-state index in [1.165, 1.54) is 11.1 Å². The van der Waals surface area contributed by atoms with E-state index < -0.39 is 0 Å². The highest BCUT2D eigenvalue weighted by Crippen LogP contribution is 2.49. The maximum absolute atomic E-state index is 12.3. The lowest BCUT2D eigenvalue weighted by molar-refractivity contribution is -0.120. The van der Waals surface area contributed by atoms with Crippen molar-refractivity contribution in [1.29, 1.82) is 0 Å². The van der Waals surface area contributed by atoms with E-state index in [9.17, 15) is 4.79 Å². The van der Waals surface area contributed by atoms with Crippen LogP contribution in [0, 0.1) is 6.92 Å². The standard InChI is InChI=1S/C21H23NO3/c1-15-3-2-4-16(11-15)12-20(23)22-14-21(7-8-21)17-5-6-18-19(13-17)25-10-9-24-18/h2-6,11,13H,7-10,12,14H2,1H3,(H,22,23). The molecule has 1 saturated carbocycles. The van der Waals surface area contributed by atoms with Crippen molar-refractivity contribution >= 4 is 5.91 Å². The summed E-state index contributed by atoms with van der Waals surface area (Å²) >= 11 is 0. The summed E-state index contributed by atoms with van der Waals surface area (Å²) in [5.74, 6) is 1.71. The third kappa shape index (κ3) is 3.48. The second kappa shape index (κ2) is 6.43. The smallest absolute Gasteiger partial charge is 0.224 e. The van der Waals surface area contributed by atoms with Gasteiger partial charge in [-0.2, -0.15) is 0 Å². The fraction of sp³-hybridized carbons (Fsp3) is 0.381. The first-order valence-electron chi connectivity index (χ1n) is 8.87. The van der Waals surface area contributed by atoms with Crippen LogP contribution >= 0.6 is 0 Å². The zero-order valence-electron chi connectivity index (χ0n) is 14.5. The van der Waals surface area contributed by atoms with E-state index in [2.05, 4.69) is 23.5 Å². The Hall–Kier alpha value is -2.49. The van der Waals surface area contributed by atoms with Crippen molar-refractivity contribution in [3.63, 3.8) is 0 Å². The van der Waals surface area contributed by atoms with Crippen LogP contribution in [0.5, 0.6) is 11.5 Å². The number of carbonyl (C=O) groups excluding carboxylic acids is 1. The highest BCUT2D eigenvalue weighted by Gasteiger charge is 2.44. The molecular weight excluding hydrogens is 314 g/mol. The van der Waals surface area contributed by atoms with E-state index in [0.717, 1.165) is 29.9 Å². The Kier molecular flexibility index (Phi) is 4.12. The minimum absolute atomic E-state index is 0.0537. The molecule has 2 aromatic rings. The summed E-state index contributed by atoms with van der Waals surface area (Å²) in [4.78, 5) is 12.3. The highest BCUT2D eigenvalue weighted by molar-refractivity contribution is 5.78. The number of rotatable bonds is 5. The fourth-order valence-corrected chi connectivity index (χ4v) is 3.43. The summed E-state index contributed by atoms with van der Waals surface area (Å²) in [5.41, 5.74) is 3.52. The van der Waals surface area contributed by atoms with Crippen molar-refractivity contribution in [2.75, 3.05) is 19.8 Å². The van der Waals surface area contributed by atoms with Crippen LogP contribution in [0.4, 0.5) is 0 Å².